The topological polar surface area (TPSA) is 55.9 Å². The molecule has 2 fully saturated rings. The van der Waals surface area contributed by atoms with Crippen LogP contribution >= 0.6 is 12.4 Å². The number of hydrogen-bond acceptors (Lipinski definition) is 4. The van der Waals surface area contributed by atoms with Crippen LogP contribution in [0.4, 0.5) is 0 Å². The molecule has 2 amide bonds. The molecule has 0 aliphatic carbocycles. The molecule has 0 radical (unpaired) electrons. The van der Waals surface area contributed by atoms with Gasteiger partial charge in [-0.15, -0.1) is 12.4 Å². The molecule has 2 heterocycles. The van der Waals surface area contributed by atoms with Gasteiger partial charge in [0.1, 0.15) is 0 Å². The molecule has 0 spiro atoms. The highest BCUT2D eigenvalue weighted by atomic mass is 35.5. The number of halogens is 1. The number of rotatable bonds is 4. The number of hydrogen-bond donors (Lipinski definition) is 1. The zero-order valence-electron chi connectivity index (χ0n) is 13.7. The summed E-state index contributed by atoms with van der Waals surface area (Å²) in [5.41, 5.74) is 0. The van der Waals surface area contributed by atoms with Crippen molar-refractivity contribution in [1.29, 1.82) is 0 Å². The van der Waals surface area contributed by atoms with Crippen molar-refractivity contribution < 1.29 is 9.59 Å². The first-order valence-electron chi connectivity index (χ1n) is 8.00. The Balaban J connectivity index is 0.00000242. The van der Waals surface area contributed by atoms with Gasteiger partial charge in [0.2, 0.25) is 11.8 Å². The van der Waals surface area contributed by atoms with E-state index in [2.05, 4.69) is 10.2 Å². The van der Waals surface area contributed by atoms with Crippen molar-refractivity contribution in [3.63, 3.8) is 0 Å². The standard InChI is InChI=1S/C15H28N4O2.ClH/c1-13(20)18-6-8-19(9-7-18)15(21)12-17-5-3-4-14(11-17)10-16-2;/h14,16H,3-12H2,1-2H3;1H. The molecule has 0 saturated carbocycles. The molecular weight excluding hydrogens is 304 g/mol. The Bertz CT molecular complexity index is 371. The van der Waals surface area contributed by atoms with Crippen molar-refractivity contribution >= 4 is 24.2 Å². The second kappa shape index (κ2) is 9.33. The van der Waals surface area contributed by atoms with Gasteiger partial charge in [-0.2, -0.15) is 0 Å². The van der Waals surface area contributed by atoms with E-state index in [0.717, 1.165) is 19.6 Å². The number of carbonyl (C=O) groups is 2. The first kappa shape index (κ1) is 19.2. The average Bonchev–Trinajstić information content (AvgIpc) is 2.48. The van der Waals surface area contributed by atoms with Gasteiger partial charge in [0, 0.05) is 39.6 Å². The van der Waals surface area contributed by atoms with Crippen molar-refractivity contribution in [3.8, 4) is 0 Å². The average molecular weight is 333 g/mol. The van der Waals surface area contributed by atoms with Gasteiger partial charge in [0.05, 0.1) is 6.54 Å². The Hall–Kier alpha value is -0.850. The molecule has 7 heteroatoms. The number of carbonyl (C=O) groups excluding carboxylic acids is 2. The molecule has 2 aliphatic heterocycles. The van der Waals surface area contributed by atoms with E-state index in [1.807, 2.05) is 16.8 Å². The monoisotopic (exact) mass is 332 g/mol. The van der Waals surface area contributed by atoms with E-state index in [4.69, 9.17) is 0 Å². The van der Waals surface area contributed by atoms with E-state index in [9.17, 15) is 9.59 Å². The predicted octanol–water partition coefficient (Wildman–Crippen LogP) is 0.0303. The Morgan fingerprint density at radius 1 is 1.09 bits per heavy atom. The van der Waals surface area contributed by atoms with Crippen LogP contribution in [0.3, 0.4) is 0 Å². The van der Waals surface area contributed by atoms with E-state index in [1.54, 1.807) is 6.92 Å². The summed E-state index contributed by atoms with van der Waals surface area (Å²) in [4.78, 5) is 29.7. The Kier molecular flexibility index (Phi) is 8.14. The lowest BCUT2D eigenvalue weighted by Gasteiger charge is -2.37. The summed E-state index contributed by atoms with van der Waals surface area (Å²) in [6.45, 7) is 7.88. The molecule has 6 nitrogen and oxygen atoms in total. The predicted molar refractivity (Wildman–Crippen MR) is 89.2 cm³/mol. The van der Waals surface area contributed by atoms with E-state index in [1.165, 1.54) is 12.8 Å². The Morgan fingerprint density at radius 3 is 2.32 bits per heavy atom. The van der Waals surface area contributed by atoms with Gasteiger partial charge in [-0.3, -0.25) is 14.5 Å². The van der Waals surface area contributed by atoms with Gasteiger partial charge in [-0.05, 0) is 38.9 Å². The van der Waals surface area contributed by atoms with E-state index in [0.29, 0.717) is 38.6 Å². The maximum atomic E-state index is 12.4. The largest absolute Gasteiger partial charge is 0.339 e. The van der Waals surface area contributed by atoms with Gasteiger partial charge in [-0.1, -0.05) is 0 Å². The highest BCUT2D eigenvalue weighted by Crippen LogP contribution is 2.16. The molecule has 1 atom stereocenters. The van der Waals surface area contributed by atoms with Crippen molar-refractivity contribution in [3.05, 3.63) is 0 Å². The number of likely N-dealkylation sites (tertiary alicyclic amines) is 1. The minimum absolute atomic E-state index is 0. The van der Waals surface area contributed by atoms with Crippen LogP contribution in [0.5, 0.6) is 0 Å². The summed E-state index contributed by atoms with van der Waals surface area (Å²) >= 11 is 0. The molecule has 2 saturated heterocycles. The molecule has 0 bridgehead atoms. The normalized spacial score (nSPS) is 23.1. The van der Waals surface area contributed by atoms with Crippen molar-refractivity contribution in [2.45, 2.75) is 19.8 Å². The number of nitrogens with zero attached hydrogens (tertiary/aromatic N) is 3. The van der Waals surface area contributed by atoms with Crippen LogP contribution < -0.4 is 5.32 Å². The van der Waals surface area contributed by atoms with Gasteiger partial charge >= 0.3 is 0 Å². The molecule has 22 heavy (non-hydrogen) atoms. The van der Waals surface area contributed by atoms with Crippen LogP contribution in [-0.2, 0) is 9.59 Å². The van der Waals surface area contributed by atoms with Gasteiger partial charge in [0.25, 0.3) is 0 Å². The quantitative estimate of drug-likeness (QED) is 0.789. The molecule has 1 unspecified atom stereocenters. The molecular formula is C15H29ClN4O2. The maximum absolute atomic E-state index is 12.4. The highest BCUT2D eigenvalue weighted by molar-refractivity contribution is 5.85. The number of amides is 2. The van der Waals surface area contributed by atoms with E-state index < -0.39 is 0 Å². The van der Waals surface area contributed by atoms with Crippen molar-refractivity contribution in [2.75, 3.05) is 59.4 Å². The number of piperidine rings is 1. The minimum atomic E-state index is 0. The third kappa shape index (κ3) is 5.41. The van der Waals surface area contributed by atoms with Crippen molar-refractivity contribution in [1.82, 2.24) is 20.0 Å². The zero-order valence-corrected chi connectivity index (χ0v) is 14.5. The van der Waals surface area contributed by atoms with E-state index in [-0.39, 0.29) is 24.2 Å². The summed E-state index contributed by atoms with van der Waals surface area (Å²) in [5, 5.41) is 3.23. The summed E-state index contributed by atoms with van der Waals surface area (Å²) in [6, 6.07) is 0. The van der Waals surface area contributed by atoms with Crippen LogP contribution in [0.2, 0.25) is 0 Å². The van der Waals surface area contributed by atoms with Crippen LogP contribution in [-0.4, -0.2) is 85.9 Å². The Morgan fingerprint density at radius 2 is 1.73 bits per heavy atom. The summed E-state index contributed by atoms with van der Waals surface area (Å²) in [5.74, 6) is 0.974. The summed E-state index contributed by atoms with van der Waals surface area (Å²) in [6.07, 6.45) is 2.43. The fourth-order valence-electron chi connectivity index (χ4n) is 3.31. The highest BCUT2D eigenvalue weighted by Gasteiger charge is 2.26. The molecule has 0 aromatic carbocycles. The van der Waals surface area contributed by atoms with Crippen molar-refractivity contribution in [2.24, 2.45) is 5.92 Å². The SMILES string of the molecule is CNCC1CCCN(CC(=O)N2CCN(C(C)=O)CC2)C1.Cl. The lowest BCUT2D eigenvalue weighted by Crippen LogP contribution is -2.53. The van der Waals surface area contributed by atoms with E-state index >= 15 is 0 Å². The Labute approximate surface area is 139 Å². The second-order valence-corrected chi connectivity index (χ2v) is 6.19. The molecule has 0 aromatic rings. The first-order valence-corrected chi connectivity index (χ1v) is 8.00. The molecule has 0 aromatic heterocycles. The number of piperazine rings is 1. The number of nitrogens with one attached hydrogen (secondary N) is 1. The zero-order chi connectivity index (χ0) is 15.2. The third-order valence-electron chi connectivity index (χ3n) is 4.53. The maximum Gasteiger partial charge on any atom is 0.236 e. The van der Waals surface area contributed by atoms with Crippen LogP contribution in [0.1, 0.15) is 19.8 Å². The van der Waals surface area contributed by atoms with Crippen LogP contribution in [0, 0.1) is 5.92 Å². The second-order valence-electron chi connectivity index (χ2n) is 6.19. The summed E-state index contributed by atoms with van der Waals surface area (Å²) in [7, 11) is 1.98. The molecule has 128 valence electrons. The third-order valence-corrected chi connectivity index (χ3v) is 4.53. The lowest BCUT2D eigenvalue weighted by atomic mass is 9.98. The van der Waals surface area contributed by atoms with Crippen LogP contribution in [0.25, 0.3) is 0 Å². The molecule has 2 rings (SSSR count). The lowest BCUT2D eigenvalue weighted by molar-refractivity contribution is -0.139. The van der Waals surface area contributed by atoms with Gasteiger partial charge in [-0.25, -0.2) is 0 Å². The minimum Gasteiger partial charge on any atom is -0.339 e. The summed E-state index contributed by atoms with van der Waals surface area (Å²) < 4.78 is 0. The molecule has 2 aliphatic rings. The van der Waals surface area contributed by atoms with Gasteiger partial charge in [0.15, 0.2) is 0 Å². The first-order chi connectivity index (χ1) is 10.1. The van der Waals surface area contributed by atoms with Crippen LogP contribution in [0.15, 0.2) is 0 Å². The molecule has 1 N–H and O–H groups in total. The van der Waals surface area contributed by atoms with Gasteiger partial charge < -0.3 is 15.1 Å². The fourth-order valence-corrected chi connectivity index (χ4v) is 3.31. The fraction of sp³-hybridized carbons (Fsp3) is 0.867. The smallest absolute Gasteiger partial charge is 0.236 e.